The Bertz CT molecular complexity index is 1120. The fourth-order valence-corrected chi connectivity index (χ4v) is 6.26. The van der Waals surface area contributed by atoms with E-state index in [9.17, 15) is 4.79 Å². The smallest absolute Gasteiger partial charge is 0.256 e. The highest BCUT2D eigenvalue weighted by atomic mass is 32.1. The number of aromatic nitrogens is 1. The molecule has 5 heteroatoms. The third-order valence-corrected chi connectivity index (χ3v) is 8.25. The Kier molecular flexibility index (Phi) is 5.28. The lowest BCUT2D eigenvalue weighted by atomic mass is 9.69. The zero-order valence-electron chi connectivity index (χ0n) is 20.4. The largest absolute Gasteiger partial charge is 0.366 e. The Hall–Kier alpha value is -1.88. The monoisotopic (exact) mass is 439 g/mol. The van der Waals surface area contributed by atoms with Gasteiger partial charge in [-0.25, -0.2) is 0 Å². The van der Waals surface area contributed by atoms with E-state index in [2.05, 4.69) is 56.2 Å². The molecule has 4 nitrogen and oxygen atoms in total. The number of benzene rings is 1. The van der Waals surface area contributed by atoms with Crippen LogP contribution in [0.25, 0.3) is 10.9 Å². The van der Waals surface area contributed by atoms with Crippen molar-refractivity contribution >= 4 is 34.7 Å². The van der Waals surface area contributed by atoms with Crippen LogP contribution in [-0.2, 0) is 12.5 Å². The minimum Gasteiger partial charge on any atom is -0.366 e. The highest BCUT2D eigenvalue weighted by Gasteiger charge is 2.44. The van der Waals surface area contributed by atoms with Gasteiger partial charge < -0.3 is 14.4 Å². The van der Waals surface area contributed by atoms with E-state index in [1.165, 1.54) is 22.3 Å². The highest BCUT2D eigenvalue weighted by Crippen LogP contribution is 2.53. The summed E-state index contributed by atoms with van der Waals surface area (Å²) in [5, 5.41) is 1.14. The van der Waals surface area contributed by atoms with Crippen LogP contribution in [0.2, 0.25) is 0 Å². The molecule has 0 spiro atoms. The SMILES string of the molecule is CCN(CC)C(=O)c1cc2cc3c4c(c2n(C)c1=S)C(C)(C)CCN4C(C)(C)CC3C. The number of amides is 1. The van der Waals surface area contributed by atoms with E-state index in [0.29, 0.717) is 29.2 Å². The molecule has 1 aromatic carbocycles. The van der Waals surface area contributed by atoms with E-state index >= 15 is 0 Å². The molecule has 3 heterocycles. The molecule has 2 aliphatic heterocycles. The predicted molar refractivity (Wildman–Crippen MR) is 133 cm³/mol. The Balaban J connectivity index is 2.10. The first-order chi connectivity index (χ1) is 14.4. The van der Waals surface area contributed by atoms with Gasteiger partial charge in [-0.15, -0.1) is 0 Å². The Morgan fingerprint density at radius 1 is 1.19 bits per heavy atom. The number of pyridine rings is 1. The number of nitrogens with zero attached hydrogens (tertiary/aromatic N) is 3. The molecule has 168 valence electrons. The first kappa shape index (κ1) is 22.3. The summed E-state index contributed by atoms with van der Waals surface area (Å²) in [5.41, 5.74) is 6.28. The predicted octanol–water partition coefficient (Wildman–Crippen LogP) is 6.16. The highest BCUT2D eigenvalue weighted by molar-refractivity contribution is 7.71. The molecule has 0 saturated carbocycles. The van der Waals surface area contributed by atoms with Gasteiger partial charge in [-0.05, 0) is 75.0 Å². The van der Waals surface area contributed by atoms with E-state index in [1.54, 1.807) is 0 Å². The van der Waals surface area contributed by atoms with Crippen LogP contribution in [-0.4, -0.2) is 40.5 Å². The zero-order chi connectivity index (χ0) is 22.9. The maximum atomic E-state index is 13.2. The number of rotatable bonds is 3. The summed E-state index contributed by atoms with van der Waals surface area (Å²) in [6.45, 7) is 18.3. The van der Waals surface area contributed by atoms with Crippen molar-refractivity contribution in [2.45, 2.75) is 78.2 Å². The average molecular weight is 440 g/mol. The third kappa shape index (κ3) is 3.23. The van der Waals surface area contributed by atoms with Crippen molar-refractivity contribution in [3.63, 3.8) is 0 Å². The fourth-order valence-electron chi connectivity index (χ4n) is 6.02. The van der Waals surface area contributed by atoms with Crippen molar-refractivity contribution in [1.82, 2.24) is 9.47 Å². The Labute approximate surface area is 192 Å². The molecule has 0 radical (unpaired) electrons. The lowest BCUT2D eigenvalue weighted by Crippen LogP contribution is -2.53. The molecule has 2 aliphatic rings. The van der Waals surface area contributed by atoms with Gasteiger partial charge in [-0.3, -0.25) is 4.79 Å². The van der Waals surface area contributed by atoms with Crippen LogP contribution in [0.5, 0.6) is 0 Å². The number of carbonyl (C=O) groups is 1. The first-order valence-corrected chi connectivity index (χ1v) is 12.1. The minimum absolute atomic E-state index is 0.0360. The van der Waals surface area contributed by atoms with Crippen LogP contribution in [0.1, 0.15) is 88.7 Å². The molecule has 0 bridgehead atoms. The van der Waals surface area contributed by atoms with Crippen LogP contribution in [0.3, 0.4) is 0 Å². The topological polar surface area (TPSA) is 28.5 Å². The van der Waals surface area contributed by atoms with E-state index in [1.807, 2.05) is 25.8 Å². The van der Waals surface area contributed by atoms with Gasteiger partial charge >= 0.3 is 0 Å². The van der Waals surface area contributed by atoms with Crippen molar-refractivity contribution in [2.24, 2.45) is 7.05 Å². The molecule has 0 N–H and O–H groups in total. The van der Waals surface area contributed by atoms with Crippen molar-refractivity contribution in [3.05, 3.63) is 33.5 Å². The van der Waals surface area contributed by atoms with Crippen LogP contribution in [0.4, 0.5) is 5.69 Å². The Morgan fingerprint density at radius 3 is 2.45 bits per heavy atom. The minimum atomic E-state index is 0.0360. The molecule has 31 heavy (non-hydrogen) atoms. The summed E-state index contributed by atoms with van der Waals surface area (Å²) in [7, 11) is 2.04. The zero-order valence-corrected chi connectivity index (χ0v) is 21.2. The molecule has 1 aromatic heterocycles. The molecular weight excluding hydrogens is 402 g/mol. The second-order valence-corrected chi connectivity index (χ2v) is 11.1. The van der Waals surface area contributed by atoms with E-state index in [0.717, 1.165) is 24.8 Å². The van der Waals surface area contributed by atoms with Gasteiger partial charge in [0.25, 0.3) is 5.91 Å². The van der Waals surface area contributed by atoms with Crippen LogP contribution in [0.15, 0.2) is 12.1 Å². The number of hydrogen-bond acceptors (Lipinski definition) is 3. The summed E-state index contributed by atoms with van der Waals surface area (Å²) in [6, 6.07) is 4.41. The molecule has 0 fully saturated rings. The van der Waals surface area contributed by atoms with Crippen molar-refractivity contribution in [1.29, 1.82) is 0 Å². The summed E-state index contributed by atoms with van der Waals surface area (Å²) in [4.78, 5) is 17.7. The summed E-state index contributed by atoms with van der Waals surface area (Å²) >= 11 is 5.87. The molecule has 2 aromatic rings. The first-order valence-electron chi connectivity index (χ1n) is 11.7. The van der Waals surface area contributed by atoms with Gasteiger partial charge in [0.15, 0.2) is 0 Å². The third-order valence-electron chi connectivity index (χ3n) is 7.76. The normalized spacial score (nSPS) is 21.2. The van der Waals surface area contributed by atoms with Crippen molar-refractivity contribution in [2.75, 3.05) is 24.5 Å². The molecule has 1 atom stereocenters. The standard InChI is InChI=1S/C26H37N3OS/c1-9-28(10-2)23(30)19-14-17-13-18-16(3)15-26(6,7)29-12-11-25(4,5)20(22(18)29)21(17)27(8)24(19)31/h13-14,16H,9-12,15H2,1-8H3. The van der Waals surface area contributed by atoms with Crippen molar-refractivity contribution < 1.29 is 4.79 Å². The van der Waals surface area contributed by atoms with Gasteiger partial charge in [-0.1, -0.05) is 33.0 Å². The quantitative estimate of drug-likeness (QED) is 0.536. The van der Waals surface area contributed by atoms with Gasteiger partial charge in [-0.2, -0.15) is 0 Å². The van der Waals surface area contributed by atoms with E-state index in [4.69, 9.17) is 12.2 Å². The summed E-state index contributed by atoms with van der Waals surface area (Å²) in [5.74, 6) is 0.516. The second-order valence-electron chi connectivity index (χ2n) is 10.7. The number of hydrogen-bond donors (Lipinski definition) is 0. The maximum Gasteiger partial charge on any atom is 0.256 e. The number of carbonyl (C=O) groups excluding carboxylic acids is 1. The number of anilines is 1. The van der Waals surface area contributed by atoms with E-state index in [-0.39, 0.29) is 16.9 Å². The van der Waals surface area contributed by atoms with Gasteiger partial charge in [0, 0.05) is 43.5 Å². The maximum absolute atomic E-state index is 13.2. The molecule has 0 saturated heterocycles. The number of fused-ring (bicyclic) bond motifs is 2. The summed E-state index contributed by atoms with van der Waals surface area (Å²) in [6.07, 6.45) is 2.26. The lowest BCUT2D eigenvalue weighted by Gasteiger charge is -2.53. The van der Waals surface area contributed by atoms with Gasteiger partial charge in [0.2, 0.25) is 0 Å². The van der Waals surface area contributed by atoms with Gasteiger partial charge in [0.05, 0.1) is 11.1 Å². The lowest BCUT2D eigenvalue weighted by molar-refractivity contribution is 0.0771. The molecular formula is C26H37N3OS. The number of aryl methyl sites for hydroxylation is 1. The second kappa shape index (κ2) is 7.33. The van der Waals surface area contributed by atoms with Crippen molar-refractivity contribution in [3.8, 4) is 0 Å². The molecule has 1 unspecified atom stereocenters. The van der Waals surface area contributed by atoms with E-state index < -0.39 is 0 Å². The fraction of sp³-hybridized carbons (Fsp3) is 0.615. The Morgan fingerprint density at radius 2 is 1.84 bits per heavy atom. The average Bonchev–Trinajstić information content (AvgIpc) is 2.69. The summed E-state index contributed by atoms with van der Waals surface area (Å²) < 4.78 is 2.74. The molecule has 4 rings (SSSR count). The van der Waals surface area contributed by atoms with Crippen LogP contribution < -0.4 is 4.90 Å². The van der Waals surface area contributed by atoms with Crippen LogP contribution in [0, 0.1) is 4.64 Å². The molecule has 0 aliphatic carbocycles. The van der Waals surface area contributed by atoms with Gasteiger partial charge in [0.1, 0.15) is 4.64 Å². The molecule has 1 amide bonds. The van der Waals surface area contributed by atoms with Crippen LogP contribution >= 0.6 is 12.2 Å².